The van der Waals surface area contributed by atoms with Gasteiger partial charge in [0.25, 0.3) is 0 Å². The van der Waals surface area contributed by atoms with Gasteiger partial charge in [-0.05, 0) is 43.4 Å². The van der Waals surface area contributed by atoms with Crippen molar-refractivity contribution in [3.8, 4) is 11.5 Å². The predicted molar refractivity (Wildman–Crippen MR) is 142 cm³/mol. The average molecular weight is 475 g/mol. The molecule has 0 spiro atoms. The zero-order chi connectivity index (χ0) is 24.9. The molecule has 0 aromatic heterocycles. The van der Waals surface area contributed by atoms with E-state index in [1.165, 1.54) is 57.8 Å². The Hall–Kier alpha value is -1.84. The maximum absolute atomic E-state index is 12.5. The number of carbonyl (C=O) groups is 2. The van der Waals surface area contributed by atoms with Crippen molar-refractivity contribution in [3.05, 3.63) is 23.8 Å². The molecule has 0 amide bonds. The lowest BCUT2D eigenvalue weighted by molar-refractivity contribution is -0.137. The van der Waals surface area contributed by atoms with E-state index in [0.29, 0.717) is 24.3 Å². The number of esters is 2. The first-order valence-electron chi connectivity index (χ1n) is 14.1. The monoisotopic (exact) mass is 474 g/mol. The maximum atomic E-state index is 12.5. The molecule has 1 rings (SSSR count). The molecule has 0 bridgehead atoms. The van der Waals surface area contributed by atoms with Crippen LogP contribution in [0.15, 0.2) is 18.2 Å². The van der Waals surface area contributed by atoms with E-state index in [4.69, 9.17) is 9.47 Å². The zero-order valence-corrected chi connectivity index (χ0v) is 22.3. The molecule has 0 unspecified atom stereocenters. The van der Waals surface area contributed by atoms with Gasteiger partial charge in [-0.15, -0.1) is 0 Å². The second-order valence-electron chi connectivity index (χ2n) is 9.58. The van der Waals surface area contributed by atoms with Crippen molar-refractivity contribution in [2.45, 2.75) is 143 Å². The van der Waals surface area contributed by atoms with E-state index in [0.717, 1.165) is 56.9 Å². The van der Waals surface area contributed by atoms with Crippen molar-refractivity contribution in [1.29, 1.82) is 0 Å². The van der Waals surface area contributed by atoms with Crippen LogP contribution in [0.1, 0.15) is 142 Å². The SMILES string of the molecule is CCCCCCCCC(=O)Oc1ccc(CCCCCC)cc1OC(=O)CCCCCCCC. The third-order valence-electron chi connectivity index (χ3n) is 6.24. The van der Waals surface area contributed by atoms with Gasteiger partial charge < -0.3 is 9.47 Å². The lowest BCUT2D eigenvalue weighted by atomic mass is 10.1. The van der Waals surface area contributed by atoms with E-state index in [9.17, 15) is 9.59 Å². The molecule has 1 aromatic rings. The number of hydrogen-bond acceptors (Lipinski definition) is 4. The summed E-state index contributed by atoms with van der Waals surface area (Å²) in [6, 6.07) is 5.67. The lowest BCUT2D eigenvalue weighted by Gasteiger charge is -2.13. The van der Waals surface area contributed by atoms with Crippen molar-refractivity contribution < 1.29 is 19.1 Å². The highest BCUT2D eigenvalue weighted by atomic mass is 16.6. The largest absolute Gasteiger partial charge is 0.423 e. The van der Waals surface area contributed by atoms with Crippen molar-refractivity contribution in [1.82, 2.24) is 0 Å². The molecule has 4 nitrogen and oxygen atoms in total. The van der Waals surface area contributed by atoms with Crippen molar-refractivity contribution >= 4 is 11.9 Å². The number of aryl methyl sites for hydroxylation is 1. The Balaban J connectivity index is 2.63. The minimum Gasteiger partial charge on any atom is -0.423 e. The maximum Gasteiger partial charge on any atom is 0.311 e. The summed E-state index contributed by atoms with van der Waals surface area (Å²) >= 11 is 0. The van der Waals surface area contributed by atoms with Crippen LogP contribution in [0.5, 0.6) is 11.5 Å². The van der Waals surface area contributed by atoms with Gasteiger partial charge in [0.05, 0.1) is 0 Å². The number of hydrogen-bond donors (Lipinski definition) is 0. The van der Waals surface area contributed by atoms with Gasteiger partial charge >= 0.3 is 11.9 Å². The molecule has 34 heavy (non-hydrogen) atoms. The van der Waals surface area contributed by atoms with Crippen LogP contribution in [-0.2, 0) is 16.0 Å². The van der Waals surface area contributed by atoms with Crippen LogP contribution < -0.4 is 9.47 Å². The van der Waals surface area contributed by atoms with Gasteiger partial charge in [0.1, 0.15) is 0 Å². The van der Waals surface area contributed by atoms with Crippen LogP contribution in [0.25, 0.3) is 0 Å². The van der Waals surface area contributed by atoms with E-state index in [1.54, 1.807) is 6.07 Å². The van der Waals surface area contributed by atoms with E-state index < -0.39 is 0 Å². The summed E-state index contributed by atoms with van der Waals surface area (Å²) in [5.74, 6) is 0.260. The molecule has 0 aliphatic carbocycles. The molecule has 4 heteroatoms. The van der Waals surface area contributed by atoms with Crippen molar-refractivity contribution in [2.24, 2.45) is 0 Å². The molecule has 0 aliphatic heterocycles. The lowest BCUT2D eigenvalue weighted by Crippen LogP contribution is -2.12. The minimum atomic E-state index is -0.251. The number of benzene rings is 1. The van der Waals surface area contributed by atoms with Crippen LogP contribution in [0.2, 0.25) is 0 Å². The molecule has 0 radical (unpaired) electrons. The number of ether oxygens (including phenoxy) is 2. The number of unbranched alkanes of at least 4 members (excludes halogenated alkanes) is 13. The van der Waals surface area contributed by atoms with Gasteiger partial charge in [-0.25, -0.2) is 0 Å². The Bertz CT molecular complexity index is 668. The molecule has 0 saturated heterocycles. The van der Waals surface area contributed by atoms with Gasteiger partial charge in [-0.2, -0.15) is 0 Å². The fourth-order valence-electron chi connectivity index (χ4n) is 4.07. The van der Waals surface area contributed by atoms with Crippen LogP contribution in [-0.4, -0.2) is 11.9 Å². The van der Waals surface area contributed by atoms with Crippen LogP contribution in [0.3, 0.4) is 0 Å². The Labute approximate surface area is 209 Å². The Morgan fingerprint density at radius 3 is 1.53 bits per heavy atom. The third-order valence-corrected chi connectivity index (χ3v) is 6.24. The summed E-state index contributed by atoms with van der Waals surface area (Å²) in [7, 11) is 0. The third kappa shape index (κ3) is 15.1. The van der Waals surface area contributed by atoms with Gasteiger partial charge in [0.2, 0.25) is 0 Å². The molecule has 0 heterocycles. The highest BCUT2D eigenvalue weighted by Crippen LogP contribution is 2.30. The van der Waals surface area contributed by atoms with Gasteiger partial charge in [0.15, 0.2) is 11.5 Å². The second-order valence-corrected chi connectivity index (χ2v) is 9.58. The molecule has 0 atom stereocenters. The summed E-state index contributed by atoms with van der Waals surface area (Å²) in [4.78, 5) is 24.9. The second kappa shape index (κ2) is 20.5. The molecular formula is C30H50O4. The van der Waals surface area contributed by atoms with Crippen LogP contribution in [0.4, 0.5) is 0 Å². The smallest absolute Gasteiger partial charge is 0.311 e. The normalized spacial score (nSPS) is 10.9. The number of rotatable bonds is 21. The van der Waals surface area contributed by atoms with E-state index in [2.05, 4.69) is 20.8 Å². The summed E-state index contributed by atoms with van der Waals surface area (Å²) in [6.45, 7) is 6.61. The summed E-state index contributed by atoms with van der Waals surface area (Å²) in [5.41, 5.74) is 1.12. The molecule has 0 aliphatic rings. The van der Waals surface area contributed by atoms with E-state index in [1.807, 2.05) is 12.1 Å². The Morgan fingerprint density at radius 1 is 0.559 bits per heavy atom. The Morgan fingerprint density at radius 2 is 1.00 bits per heavy atom. The van der Waals surface area contributed by atoms with Gasteiger partial charge in [0, 0.05) is 12.8 Å². The molecule has 0 saturated carbocycles. The minimum absolute atomic E-state index is 0.244. The van der Waals surface area contributed by atoms with E-state index >= 15 is 0 Å². The summed E-state index contributed by atoms with van der Waals surface area (Å²) in [5, 5.41) is 0. The first-order chi connectivity index (χ1) is 16.6. The molecule has 1 aromatic carbocycles. The van der Waals surface area contributed by atoms with Gasteiger partial charge in [-0.3, -0.25) is 9.59 Å². The average Bonchev–Trinajstić information content (AvgIpc) is 2.83. The van der Waals surface area contributed by atoms with Crippen molar-refractivity contribution in [3.63, 3.8) is 0 Å². The van der Waals surface area contributed by atoms with Crippen molar-refractivity contribution in [2.75, 3.05) is 0 Å². The predicted octanol–water partition coefficient (Wildman–Crippen LogP) is 9.12. The first kappa shape index (κ1) is 30.2. The zero-order valence-electron chi connectivity index (χ0n) is 22.3. The fraction of sp³-hybridized carbons (Fsp3) is 0.733. The van der Waals surface area contributed by atoms with Gasteiger partial charge in [-0.1, -0.05) is 110 Å². The highest BCUT2D eigenvalue weighted by Gasteiger charge is 2.15. The highest BCUT2D eigenvalue weighted by molar-refractivity contribution is 5.76. The topological polar surface area (TPSA) is 52.6 Å². The van der Waals surface area contributed by atoms with Crippen LogP contribution in [0, 0.1) is 0 Å². The first-order valence-corrected chi connectivity index (χ1v) is 14.1. The molecular weight excluding hydrogens is 424 g/mol. The molecule has 0 N–H and O–H groups in total. The quantitative estimate of drug-likeness (QED) is 0.101. The van der Waals surface area contributed by atoms with Crippen LogP contribution >= 0.6 is 0 Å². The standard InChI is InChI=1S/C30H50O4/c1-4-7-10-13-15-18-21-29(31)33-27-24-23-26(20-17-12-9-6-3)25-28(27)34-30(32)22-19-16-14-11-8-5-2/h23-25H,4-22H2,1-3H3. The Kier molecular flexibility index (Phi) is 18.2. The molecule has 194 valence electrons. The number of carbonyl (C=O) groups excluding carboxylic acids is 2. The van der Waals surface area contributed by atoms with E-state index in [-0.39, 0.29) is 11.9 Å². The summed E-state index contributed by atoms with van der Waals surface area (Å²) < 4.78 is 11.3. The summed E-state index contributed by atoms with van der Waals surface area (Å²) in [6.07, 6.45) is 20.0. The molecule has 0 fully saturated rings. The fourth-order valence-corrected chi connectivity index (χ4v) is 4.07.